The first kappa shape index (κ1) is 13.4. The van der Waals surface area contributed by atoms with Crippen LogP contribution in [-0.2, 0) is 4.79 Å². The van der Waals surface area contributed by atoms with Crippen LogP contribution in [0.4, 0.5) is 10.1 Å². The molecule has 0 aliphatic rings. The van der Waals surface area contributed by atoms with E-state index in [9.17, 15) is 14.0 Å². The van der Waals surface area contributed by atoms with Crippen LogP contribution in [-0.4, -0.2) is 12.2 Å². The first-order chi connectivity index (χ1) is 7.75. The summed E-state index contributed by atoms with van der Waals surface area (Å²) in [6, 6.07) is 2.59. The molecule has 0 saturated carbocycles. The van der Waals surface area contributed by atoms with E-state index in [1.165, 1.54) is 12.1 Å². The van der Waals surface area contributed by atoms with Crippen LogP contribution in [0.25, 0.3) is 0 Å². The molecule has 17 heavy (non-hydrogen) atoms. The van der Waals surface area contributed by atoms with Gasteiger partial charge in [0.15, 0.2) is 6.29 Å². The Bertz CT molecular complexity index is 461. The predicted octanol–water partition coefficient (Wildman–Crippen LogP) is 2.93. The van der Waals surface area contributed by atoms with Gasteiger partial charge in [-0.25, -0.2) is 4.39 Å². The van der Waals surface area contributed by atoms with Gasteiger partial charge in [0.05, 0.1) is 5.69 Å². The minimum atomic E-state index is -0.596. The van der Waals surface area contributed by atoms with Gasteiger partial charge in [0.2, 0.25) is 5.91 Å². The van der Waals surface area contributed by atoms with Gasteiger partial charge in [-0.3, -0.25) is 9.59 Å². The Balaban J connectivity index is 3.10. The van der Waals surface area contributed by atoms with Crippen molar-refractivity contribution in [3.05, 3.63) is 29.1 Å². The second-order valence-corrected chi connectivity index (χ2v) is 5.01. The summed E-state index contributed by atoms with van der Waals surface area (Å²) in [4.78, 5) is 22.6. The van der Waals surface area contributed by atoms with Gasteiger partial charge in [0.1, 0.15) is 5.82 Å². The molecule has 1 amide bonds. The number of rotatable bonds is 2. The van der Waals surface area contributed by atoms with Crippen LogP contribution in [0.1, 0.15) is 36.7 Å². The second-order valence-electron chi connectivity index (χ2n) is 5.01. The zero-order valence-electron chi connectivity index (χ0n) is 10.4. The smallest absolute Gasteiger partial charge is 0.229 e. The van der Waals surface area contributed by atoms with Crippen LogP contribution in [0, 0.1) is 18.2 Å². The topological polar surface area (TPSA) is 46.2 Å². The predicted molar refractivity (Wildman–Crippen MR) is 64.6 cm³/mol. The highest BCUT2D eigenvalue weighted by Crippen LogP contribution is 2.22. The molecule has 0 unspecified atom stereocenters. The van der Waals surface area contributed by atoms with Crippen LogP contribution in [0.5, 0.6) is 0 Å². The standard InChI is InChI=1S/C13H16FNO2/c1-8-5-9(7-16)11(6-10(8)14)15-12(17)13(2,3)4/h5-7H,1-4H3,(H,15,17). The van der Waals surface area contributed by atoms with Gasteiger partial charge < -0.3 is 5.32 Å². The Kier molecular flexibility index (Phi) is 3.66. The van der Waals surface area contributed by atoms with Crippen molar-refractivity contribution >= 4 is 17.9 Å². The minimum Gasteiger partial charge on any atom is -0.325 e. The Morgan fingerprint density at radius 1 is 1.35 bits per heavy atom. The van der Waals surface area contributed by atoms with Gasteiger partial charge in [0.25, 0.3) is 0 Å². The lowest BCUT2D eigenvalue weighted by Gasteiger charge is -2.18. The molecule has 92 valence electrons. The van der Waals surface area contributed by atoms with E-state index in [0.717, 1.165) is 0 Å². The Labute approximate surface area is 100 Å². The van der Waals surface area contributed by atoms with Gasteiger partial charge in [-0.1, -0.05) is 20.8 Å². The lowest BCUT2D eigenvalue weighted by Crippen LogP contribution is -2.28. The number of anilines is 1. The minimum absolute atomic E-state index is 0.211. The van der Waals surface area contributed by atoms with Gasteiger partial charge in [-0.05, 0) is 24.6 Å². The summed E-state index contributed by atoms with van der Waals surface area (Å²) in [7, 11) is 0. The summed E-state index contributed by atoms with van der Waals surface area (Å²) < 4.78 is 13.4. The Hall–Kier alpha value is -1.71. The van der Waals surface area contributed by atoms with Crippen LogP contribution in [0.3, 0.4) is 0 Å². The van der Waals surface area contributed by atoms with Crippen molar-refractivity contribution in [1.82, 2.24) is 0 Å². The fourth-order valence-electron chi connectivity index (χ4n) is 1.22. The van der Waals surface area contributed by atoms with Gasteiger partial charge in [-0.15, -0.1) is 0 Å². The molecule has 0 fully saturated rings. The third kappa shape index (κ3) is 3.12. The van der Waals surface area contributed by atoms with Crippen molar-refractivity contribution in [3.8, 4) is 0 Å². The molecule has 0 bridgehead atoms. The average Bonchev–Trinajstić information content (AvgIpc) is 2.21. The van der Waals surface area contributed by atoms with Crippen molar-refractivity contribution in [1.29, 1.82) is 0 Å². The molecule has 4 heteroatoms. The summed E-state index contributed by atoms with van der Waals surface area (Å²) in [6.45, 7) is 6.80. The van der Waals surface area contributed by atoms with E-state index in [0.29, 0.717) is 11.8 Å². The molecule has 1 aromatic rings. The molecule has 0 aliphatic carbocycles. The maximum Gasteiger partial charge on any atom is 0.229 e. The SMILES string of the molecule is Cc1cc(C=O)c(NC(=O)C(C)(C)C)cc1F. The molecule has 0 aromatic heterocycles. The number of aryl methyl sites for hydroxylation is 1. The summed E-state index contributed by atoms with van der Waals surface area (Å²) in [5.74, 6) is -0.705. The number of hydrogen-bond donors (Lipinski definition) is 1. The second kappa shape index (κ2) is 4.65. The molecule has 0 aliphatic heterocycles. The van der Waals surface area contributed by atoms with Crippen molar-refractivity contribution in [2.24, 2.45) is 5.41 Å². The van der Waals surface area contributed by atoms with E-state index in [2.05, 4.69) is 5.32 Å². The van der Waals surface area contributed by atoms with E-state index in [-0.39, 0.29) is 17.2 Å². The van der Waals surface area contributed by atoms with Gasteiger partial charge in [-0.2, -0.15) is 0 Å². The van der Waals surface area contributed by atoms with Crippen LogP contribution in [0.2, 0.25) is 0 Å². The first-order valence-electron chi connectivity index (χ1n) is 5.32. The number of carbonyl (C=O) groups is 2. The maximum atomic E-state index is 13.4. The lowest BCUT2D eigenvalue weighted by atomic mass is 9.95. The number of aldehydes is 1. The third-order valence-corrected chi connectivity index (χ3v) is 2.39. The normalized spacial score (nSPS) is 11.1. The fraction of sp³-hybridized carbons (Fsp3) is 0.385. The molecule has 0 atom stereocenters. The van der Waals surface area contributed by atoms with Crippen LogP contribution >= 0.6 is 0 Å². The Morgan fingerprint density at radius 3 is 2.41 bits per heavy atom. The molecule has 3 nitrogen and oxygen atoms in total. The van der Waals surface area contributed by atoms with Crippen molar-refractivity contribution < 1.29 is 14.0 Å². The summed E-state index contributed by atoms with van der Waals surface area (Å²) >= 11 is 0. The molecule has 0 spiro atoms. The fourth-order valence-corrected chi connectivity index (χ4v) is 1.22. The molecule has 1 aromatic carbocycles. The van der Waals surface area contributed by atoms with E-state index in [1.807, 2.05) is 0 Å². The molecule has 1 rings (SSSR count). The quantitative estimate of drug-likeness (QED) is 0.804. The lowest BCUT2D eigenvalue weighted by molar-refractivity contribution is -0.123. The van der Waals surface area contributed by atoms with Gasteiger partial charge in [0, 0.05) is 11.0 Å². The van der Waals surface area contributed by atoms with Crippen molar-refractivity contribution in [3.63, 3.8) is 0 Å². The zero-order chi connectivity index (χ0) is 13.2. The molecule has 0 radical (unpaired) electrons. The highest BCUT2D eigenvalue weighted by atomic mass is 19.1. The largest absolute Gasteiger partial charge is 0.325 e. The number of carbonyl (C=O) groups excluding carboxylic acids is 2. The summed E-state index contributed by atoms with van der Waals surface area (Å²) in [5, 5.41) is 2.56. The number of benzene rings is 1. The molecule has 1 N–H and O–H groups in total. The summed E-state index contributed by atoms with van der Waals surface area (Å²) in [6.07, 6.45) is 0.602. The number of hydrogen-bond acceptors (Lipinski definition) is 2. The number of halogens is 1. The van der Waals surface area contributed by atoms with E-state index < -0.39 is 11.2 Å². The number of amides is 1. The third-order valence-electron chi connectivity index (χ3n) is 2.39. The maximum absolute atomic E-state index is 13.4. The van der Waals surface area contributed by atoms with Gasteiger partial charge >= 0.3 is 0 Å². The van der Waals surface area contributed by atoms with E-state index in [1.54, 1.807) is 27.7 Å². The monoisotopic (exact) mass is 237 g/mol. The first-order valence-corrected chi connectivity index (χ1v) is 5.32. The molecular formula is C13H16FNO2. The van der Waals surface area contributed by atoms with E-state index in [4.69, 9.17) is 0 Å². The molecule has 0 heterocycles. The average molecular weight is 237 g/mol. The van der Waals surface area contributed by atoms with Crippen molar-refractivity contribution in [2.75, 3.05) is 5.32 Å². The zero-order valence-corrected chi connectivity index (χ0v) is 10.4. The number of nitrogens with one attached hydrogen (secondary N) is 1. The van der Waals surface area contributed by atoms with E-state index >= 15 is 0 Å². The Morgan fingerprint density at radius 2 is 1.94 bits per heavy atom. The molecular weight excluding hydrogens is 221 g/mol. The summed E-state index contributed by atoms with van der Waals surface area (Å²) in [5.41, 5.74) is 0.270. The molecule has 0 saturated heterocycles. The highest BCUT2D eigenvalue weighted by molar-refractivity contribution is 5.98. The van der Waals surface area contributed by atoms with Crippen LogP contribution in [0.15, 0.2) is 12.1 Å². The highest BCUT2D eigenvalue weighted by Gasteiger charge is 2.22. The van der Waals surface area contributed by atoms with Crippen molar-refractivity contribution in [2.45, 2.75) is 27.7 Å². The van der Waals surface area contributed by atoms with Crippen LogP contribution < -0.4 is 5.32 Å².